The van der Waals surface area contributed by atoms with Gasteiger partial charge in [-0.1, -0.05) is 35.3 Å². The van der Waals surface area contributed by atoms with E-state index in [2.05, 4.69) is 57.9 Å². The monoisotopic (exact) mass is 384 g/mol. The predicted molar refractivity (Wildman–Crippen MR) is 113 cm³/mol. The lowest BCUT2D eigenvalue weighted by Crippen LogP contribution is -2.44. The molecule has 4 rings (SSSR count). The second-order valence-electron chi connectivity index (χ2n) is 7.39. The van der Waals surface area contributed by atoms with E-state index in [0.717, 1.165) is 69.3 Å². The van der Waals surface area contributed by atoms with Crippen molar-refractivity contribution in [1.29, 1.82) is 0 Å². The fraction of sp³-hybridized carbons (Fsp3) is 0.571. The minimum Gasteiger partial charge on any atom is -0.365 e. The molecule has 0 amide bonds. The first kappa shape index (κ1) is 18.7. The van der Waals surface area contributed by atoms with Crippen LogP contribution in [0.15, 0.2) is 24.3 Å². The highest BCUT2D eigenvalue weighted by Crippen LogP contribution is 2.30. The fourth-order valence-corrected chi connectivity index (χ4v) is 4.61. The van der Waals surface area contributed by atoms with Gasteiger partial charge in [-0.25, -0.2) is 4.98 Å². The van der Waals surface area contributed by atoms with Crippen molar-refractivity contribution >= 4 is 26.7 Å². The Hall–Kier alpha value is -1.65. The van der Waals surface area contributed by atoms with E-state index in [1.807, 2.05) is 0 Å². The number of nitrogens with zero attached hydrogens (tertiary/aromatic N) is 4. The molecule has 0 atom stereocenters. The number of rotatable bonds is 4. The molecule has 0 aliphatic carbocycles. The molecule has 2 aromatic rings. The van der Waals surface area contributed by atoms with Crippen LogP contribution in [0, 0.1) is 11.8 Å². The molecule has 1 aromatic heterocycles. The highest BCUT2D eigenvalue weighted by Gasteiger charge is 2.21. The molecule has 0 spiro atoms. The Morgan fingerprint density at radius 2 is 1.85 bits per heavy atom. The average molecular weight is 385 g/mol. The van der Waals surface area contributed by atoms with Crippen LogP contribution < -0.4 is 4.90 Å². The molecule has 2 saturated heterocycles. The zero-order valence-corrected chi connectivity index (χ0v) is 16.9. The smallest absolute Gasteiger partial charge is 0.186 e. The van der Waals surface area contributed by atoms with Crippen LogP contribution in [0.25, 0.3) is 10.2 Å². The number of ether oxygens (including phenoxy) is 1. The maximum absolute atomic E-state index is 5.99. The molecular weight excluding hydrogens is 356 g/mol. The Labute approximate surface area is 165 Å². The molecule has 2 fully saturated rings. The number of thiazole rings is 1. The van der Waals surface area contributed by atoms with Gasteiger partial charge in [-0.3, -0.25) is 4.90 Å². The van der Waals surface area contributed by atoms with Crippen LogP contribution in [0.2, 0.25) is 0 Å². The van der Waals surface area contributed by atoms with E-state index in [1.54, 1.807) is 11.3 Å². The third-order valence-corrected chi connectivity index (χ3v) is 6.51. The van der Waals surface area contributed by atoms with Crippen LogP contribution >= 0.6 is 11.3 Å². The van der Waals surface area contributed by atoms with Gasteiger partial charge in [0.15, 0.2) is 5.13 Å². The highest BCUT2D eigenvalue weighted by atomic mass is 32.1. The lowest BCUT2D eigenvalue weighted by atomic mass is 10.1. The number of piperazine rings is 1. The summed E-state index contributed by atoms with van der Waals surface area (Å²) in [6, 6.07) is 8.37. The van der Waals surface area contributed by atoms with E-state index in [-0.39, 0.29) is 0 Å². The fourth-order valence-electron chi connectivity index (χ4n) is 3.59. The van der Waals surface area contributed by atoms with Gasteiger partial charge in [0.25, 0.3) is 0 Å². The molecule has 0 saturated carbocycles. The summed E-state index contributed by atoms with van der Waals surface area (Å²) in [5, 5.41) is 1.14. The van der Waals surface area contributed by atoms with Gasteiger partial charge in [-0.05, 0) is 32.0 Å². The first-order valence-corrected chi connectivity index (χ1v) is 10.7. The molecule has 144 valence electrons. The van der Waals surface area contributed by atoms with Crippen molar-refractivity contribution < 1.29 is 4.74 Å². The maximum atomic E-state index is 5.99. The van der Waals surface area contributed by atoms with Crippen LogP contribution in [0.4, 0.5) is 5.13 Å². The SMILES string of the molecule is CN1CCN(CC#CCOC2CCN(c3nc4ccccc4s3)CC2)CC1. The molecule has 27 heavy (non-hydrogen) atoms. The second kappa shape index (κ2) is 9.03. The van der Waals surface area contributed by atoms with Crippen LogP contribution in [-0.4, -0.2) is 80.4 Å². The molecule has 3 heterocycles. The number of anilines is 1. The number of benzene rings is 1. The van der Waals surface area contributed by atoms with Gasteiger partial charge in [-0.2, -0.15) is 0 Å². The molecule has 2 aliphatic rings. The molecule has 0 bridgehead atoms. The Morgan fingerprint density at radius 1 is 1.07 bits per heavy atom. The van der Waals surface area contributed by atoms with Crippen molar-refractivity contribution in [3.05, 3.63) is 24.3 Å². The zero-order chi connectivity index (χ0) is 18.5. The summed E-state index contributed by atoms with van der Waals surface area (Å²) in [6.07, 6.45) is 2.43. The van der Waals surface area contributed by atoms with Crippen LogP contribution in [-0.2, 0) is 4.74 Å². The summed E-state index contributed by atoms with van der Waals surface area (Å²) in [4.78, 5) is 12.0. The van der Waals surface area contributed by atoms with E-state index >= 15 is 0 Å². The van der Waals surface area contributed by atoms with Crippen molar-refractivity contribution in [2.45, 2.75) is 18.9 Å². The number of para-hydroxylation sites is 1. The Balaban J connectivity index is 1.17. The van der Waals surface area contributed by atoms with E-state index in [0.29, 0.717) is 12.7 Å². The van der Waals surface area contributed by atoms with Crippen molar-refractivity contribution in [2.75, 3.05) is 64.4 Å². The Bertz CT molecular complexity index is 762. The summed E-state index contributed by atoms with van der Waals surface area (Å²) >= 11 is 1.79. The molecule has 0 N–H and O–H groups in total. The quantitative estimate of drug-likeness (QED) is 0.757. The van der Waals surface area contributed by atoms with Gasteiger partial charge >= 0.3 is 0 Å². The lowest BCUT2D eigenvalue weighted by molar-refractivity contribution is 0.0594. The normalized spacial score (nSPS) is 20.0. The van der Waals surface area contributed by atoms with Gasteiger partial charge in [0.2, 0.25) is 0 Å². The average Bonchev–Trinajstić information content (AvgIpc) is 3.14. The predicted octanol–water partition coefficient (Wildman–Crippen LogP) is 2.53. The standard InChI is InChI=1S/C21H28N4OS/c1-23-13-15-24(16-14-23)10-4-5-17-26-18-8-11-25(12-9-18)21-22-19-6-2-3-7-20(19)27-21/h2-3,6-7,18H,8-17H2,1H3. The van der Waals surface area contributed by atoms with Gasteiger partial charge in [0, 0.05) is 39.3 Å². The Morgan fingerprint density at radius 3 is 2.63 bits per heavy atom. The van der Waals surface area contributed by atoms with Crippen LogP contribution in [0.1, 0.15) is 12.8 Å². The van der Waals surface area contributed by atoms with Gasteiger partial charge in [0.05, 0.1) is 22.9 Å². The molecule has 0 radical (unpaired) electrons. The molecule has 6 heteroatoms. The number of hydrogen-bond donors (Lipinski definition) is 0. The van der Waals surface area contributed by atoms with Crippen LogP contribution in [0.5, 0.6) is 0 Å². The first-order valence-electron chi connectivity index (χ1n) is 9.87. The number of piperidine rings is 1. The number of likely N-dealkylation sites (N-methyl/N-ethyl adjacent to an activating group) is 1. The maximum Gasteiger partial charge on any atom is 0.186 e. The van der Waals surface area contributed by atoms with Crippen molar-refractivity contribution in [3.63, 3.8) is 0 Å². The molecule has 0 unspecified atom stereocenters. The van der Waals surface area contributed by atoms with E-state index in [9.17, 15) is 0 Å². The topological polar surface area (TPSA) is 31.8 Å². The van der Waals surface area contributed by atoms with Gasteiger partial charge < -0.3 is 14.5 Å². The number of hydrogen-bond acceptors (Lipinski definition) is 6. The minimum absolute atomic E-state index is 0.327. The summed E-state index contributed by atoms with van der Waals surface area (Å²) < 4.78 is 7.25. The summed E-state index contributed by atoms with van der Waals surface area (Å²) in [6.45, 7) is 7.98. The molecular formula is C21H28N4OS. The molecule has 5 nitrogen and oxygen atoms in total. The summed E-state index contributed by atoms with van der Waals surface area (Å²) in [5.41, 5.74) is 1.10. The number of aromatic nitrogens is 1. The second-order valence-corrected chi connectivity index (χ2v) is 8.40. The third-order valence-electron chi connectivity index (χ3n) is 5.41. The van der Waals surface area contributed by atoms with Crippen molar-refractivity contribution in [1.82, 2.24) is 14.8 Å². The van der Waals surface area contributed by atoms with Gasteiger partial charge in [-0.15, -0.1) is 0 Å². The third kappa shape index (κ3) is 4.99. The van der Waals surface area contributed by atoms with Crippen molar-refractivity contribution in [3.8, 4) is 11.8 Å². The Kier molecular flexibility index (Phi) is 6.25. The largest absolute Gasteiger partial charge is 0.365 e. The van der Waals surface area contributed by atoms with E-state index < -0.39 is 0 Å². The summed E-state index contributed by atoms with van der Waals surface area (Å²) in [7, 11) is 2.18. The number of fused-ring (bicyclic) bond motifs is 1. The summed E-state index contributed by atoms with van der Waals surface area (Å²) in [5.74, 6) is 6.47. The van der Waals surface area contributed by atoms with E-state index in [1.165, 1.54) is 4.70 Å². The highest BCUT2D eigenvalue weighted by molar-refractivity contribution is 7.22. The molecule has 2 aliphatic heterocycles. The first-order chi connectivity index (χ1) is 13.3. The van der Waals surface area contributed by atoms with E-state index in [4.69, 9.17) is 9.72 Å². The lowest BCUT2D eigenvalue weighted by Gasteiger charge is -2.31. The minimum atomic E-state index is 0.327. The van der Waals surface area contributed by atoms with Crippen LogP contribution in [0.3, 0.4) is 0 Å². The molecule has 1 aromatic carbocycles. The van der Waals surface area contributed by atoms with Crippen molar-refractivity contribution in [2.24, 2.45) is 0 Å². The van der Waals surface area contributed by atoms with Gasteiger partial charge in [0.1, 0.15) is 6.61 Å². The zero-order valence-electron chi connectivity index (χ0n) is 16.1.